The highest BCUT2D eigenvalue weighted by atomic mass is 35.5. The minimum atomic E-state index is 0.459. The van der Waals surface area contributed by atoms with Crippen LogP contribution in [0.3, 0.4) is 0 Å². The third-order valence-electron chi connectivity index (χ3n) is 5.88. The molecular formula is C25H31ClN4O. The van der Waals surface area contributed by atoms with Crippen LogP contribution in [0.2, 0.25) is 5.02 Å². The van der Waals surface area contributed by atoms with Crippen molar-refractivity contribution in [2.45, 2.75) is 37.8 Å². The van der Waals surface area contributed by atoms with E-state index in [1.807, 2.05) is 30.3 Å². The van der Waals surface area contributed by atoms with Crippen LogP contribution in [0, 0.1) is 0 Å². The number of nitrogens with zero attached hydrogens (tertiary/aromatic N) is 2. The number of rotatable bonds is 8. The van der Waals surface area contributed by atoms with E-state index in [-0.39, 0.29) is 0 Å². The molecule has 5 nitrogen and oxygen atoms in total. The molecule has 4 rings (SSSR count). The van der Waals surface area contributed by atoms with Gasteiger partial charge in [-0.05, 0) is 43.9 Å². The van der Waals surface area contributed by atoms with Gasteiger partial charge in [0.1, 0.15) is 18.2 Å². The molecule has 0 atom stereocenters. The van der Waals surface area contributed by atoms with Crippen LogP contribution in [0.4, 0.5) is 11.5 Å². The zero-order valence-electron chi connectivity index (χ0n) is 18.3. The van der Waals surface area contributed by atoms with Gasteiger partial charge in [-0.25, -0.2) is 4.98 Å². The van der Waals surface area contributed by atoms with Crippen molar-refractivity contribution in [3.05, 3.63) is 59.6 Å². The normalized spacial score (nSPS) is 18.7. The average molecular weight is 439 g/mol. The van der Waals surface area contributed by atoms with E-state index in [4.69, 9.17) is 21.3 Å². The van der Waals surface area contributed by atoms with E-state index in [2.05, 4.69) is 53.9 Å². The Morgan fingerprint density at radius 2 is 1.71 bits per heavy atom. The molecule has 0 spiro atoms. The minimum absolute atomic E-state index is 0.459. The van der Waals surface area contributed by atoms with Crippen LogP contribution in [-0.2, 0) is 0 Å². The van der Waals surface area contributed by atoms with Crippen molar-refractivity contribution in [2.24, 2.45) is 0 Å². The first-order valence-electron chi connectivity index (χ1n) is 11.0. The molecule has 1 heterocycles. The fourth-order valence-electron chi connectivity index (χ4n) is 4.24. The third kappa shape index (κ3) is 5.60. The van der Waals surface area contributed by atoms with Crippen LogP contribution in [0.5, 0.6) is 5.75 Å². The fourth-order valence-corrected chi connectivity index (χ4v) is 4.43. The number of anilines is 2. The zero-order chi connectivity index (χ0) is 21.6. The summed E-state index contributed by atoms with van der Waals surface area (Å²) in [6.45, 7) is 1.45. The largest absolute Gasteiger partial charge is 0.491 e. The molecule has 2 aromatic carbocycles. The molecule has 31 heavy (non-hydrogen) atoms. The Bertz CT molecular complexity index is 1000. The molecule has 6 heteroatoms. The van der Waals surface area contributed by atoms with Crippen LogP contribution < -0.4 is 20.3 Å². The molecule has 2 N–H and O–H groups in total. The van der Waals surface area contributed by atoms with Gasteiger partial charge < -0.3 is 20.3 Å². The summed E-state index contributed by atoms with van der Waals surface area (Å²) in [4.78, 5) is 7.00. The number of nitrogens with one attached hydrogen (secondary N) is 2. The van der Waals surface area contributed by atoms with E-state index in [0.29, 0.717) is 23.7 Å². The molecule has 0 radical (unpaired) electrons. The number of para-hydroxylation sites is 2. The highest BCUT2D eigenvalue weighted by Gasteiger charge is 2.21. The van der Waals surface area contributed by atoms with E-state index in [1.165, 1.54) is 11.1 Å². The molecule has 0 aliphatic heterocycles. The Balaban J connectivity index is 1.25. The first-order chi connectivity index (χ1) is 15.1. The number of hydrogen-bond acceptors (Lipinski definition) is 5. The van der Waals surface area contributed by atoms with Gasteiger partial charge in [0.05, 0.1) is 10.5 Å². The molecule has 1 fully saturated rings. The molecule has 1 saturated carbocycles. The lowest BCUT2D eigenvalue weighted by atomic mass is 9.91. The predicted octanol–water partition coefficient (Wildman–Crippen LogP) is 5.35. The Morgan fingerprint density at radius 3 is 2.48 bits per heavy atom. The van der Waals surface area contributed by atoms with E-state index >= 15 is 0 Å². The van der Waals surface area contributed by atoms with Crippen molar-refractivity contribution in [1.82, 2.24) is 10.3 Å². The van der Waals surface area contributed by atoms with Gasteiger partial charge in [-0.3, -0.25) is 0 Å². The molecular weight excluding hydrogens is 408 g/mol. The second-order valence-electron chi connectivity index (χ2n) is 8.36. The smallest absolute Gasteiger partial charge is 0.137 e. The summed E-state index contributed by atoms with van der Waals surface area (Å²) in [6, 6.07) is 19.1. The summed E-state index contributed by atoms with van der Waals surface area (Å²) >= 11 is 6.13. The number of aromatic nitrogens is 1. The number of ether oxygens (including phenoxy) is 1. The van der Waals surface area contributed by atoms with Gasteiger partial charge >= 0.3 is 0 Å². The van der Waals surface area contributed by atoms with E-state index in [9.17, 15) is 0 Å². The number of fused-ring (bicyclic) bond motifs is 1. The molecule has 164 valence electrons. The van der Waals surface area contributed by atoms with Crippen molar-refractivity contribution >= 4 is 34.0 Å². The molecule has 0 amide bonds. The molecule has 1 aliphatic rings. The monoisotopic (exact) mass is 438 g/mol. The lowest BCUT2D eigenvalue weighted by Crippen LogP contribution is -2.38. The maximum atomic E-state index is 6.13. The second kappa shape index (κ2) is 10.2. The lowest BCUT2D eigenvalue weighted by molar-refractivity contribution is 0.285. The fraction of sp³-hybridized carbons (Fsp3) is 0.400. The van der Waals surface area contributed by atoms with Crippen LogP contribution in [0.15, 0.2) is 54.6 Å². The minimum Gasteiger partial charge on any atom is -0.491 e. The number of halogens is 1. The summed E-state index contributed by atoms with van der Waals surface area (Å²) in [5.41, 5.74) is 2.23. The summed E-state index contributed by atoms with van der Waals surface area (Å²) in [5.74, 6) is 1.71. The maximum Gasteiger partial charge on any atom is 0.137 e. The van der Waals surface area contributed by atoms with Crippen molar-refractivity contribution in [1.29, 1.82) is 0 Å². The highest BCUT2D eigenvalue weighted by Crippen LogP contribution is 2.29. The Morgan fingerprint density at radius 1 is 1.00 bits per heavy atom. The molecule has 0 unspecified atom stereocenters. The highest BCUT2D eigenvalue weighted by molar-refractivity contribution is 6.32. The Kier molecular flexibility index (Phi) is 7.15. The second-order valence-corrected chi connectivity index (χ2v) is 8.77. The molecule has 1 aliphatic carbocycles. The van der Waals surface area contributed by atoms with Gasteiger partial charge in [0.2, 0.25) is 0 Å². The summed E-state index contributed by atoms with van der Waals surface area (Å²) in [5, 5.41) is 9.15. The SMILES string of the molecule is CN(C)c1cc(N[C@H]2CC[C@@H](NCCOc3ccccc3Cl)CC2)nc2ccccc12. The van der Waals surface area contributed by atoms with Crippen molar-refractivity contribution in [3.8, 4) is 5.75 Å². The molecule has 0 bridgehead atoms. The standard InChI is InChI=1S/C25H31ClN4O/c1-30(2)23-17-25(29-22-9-5-3-7-20(22)23)28-19-13-11-18(12-14-19)27-15-16-31-24-10-6-4-8-21(24)26/h3-10,17-19,27H,11-16H2,1-2H3,(H,28,29)/t18-,19+. The maximum absolute atomic E-state index is 6.13. The van der Waals surface area contributed by atoms with E-state index in [1.54, 1.807) is 0 Å². The van der Waals surface area contributed by atoms with Gasteiger partial charge in [-0.2, -0.15) is 0 Å². The summed E-state index contributed by atoms with van der Waals surface area (Å²) in [6.07, 6.45) is 4.57. The van der Waals surface area contributed by atoms with Gasteiger partial charge in [-0.1, -0.05) is 41.9 Å². The van der Waals surface area contributed by atoms with Crippen molar-refractivity contribution in [2.75, 3.05) is 37.5 Å². The number of pyridine rings is 1. The van der Waals surface area contributed by atoms with Crippen molar-refractivity contribution in [3.63, 3.8) is 0 Å². The lowest BCUT2D eigenvalue weighted by Gasteiger charge is -2.30. The Hall–Kier alpha value is -2.50. The van der Waals surface area contributed by atoms with Crippen LogP contribution in [0.1, 0.15) is 25.7 Å². The van der Waals surface area contributed by atoms with Gasteiger partial charge in [0.15, 0.2) is 0 Å². The number of benzene rings is 2. The van der Waals surface area contributed by atoms with Crippen LogP contribution >= 0.6 is 11.6 Å². The summed E-state index contributed by atoms with van der Waals surface area (Å²) in [7, 11) is 4.16. The predicted molar refractivity (Wildman–Crippen MR) is 131 cm³/mol. The van der Waals surface area contributed by atoms with Gasteiger partial charge in [0.25, 0.3) is 0 Å². The molecule has 3 aromatic rings. The van der Waals surface area contributed by atoms with Crippen LogP contribution in [-0.4, -0.2) is 44.3 Å². The molecule has 1 aromatic heterocycles. The van der Waals surface area contributed by atoms with Gasteiger partial charge in [0, 0.05) is 49.9 Å². The van der Waals surface area contributed by atoms with E-state index in [0.717, 1.165) is 49.3 Å². The first-order valence-corrected chi connectivity index (χ1v) is 11.4. The average Bonchev–Trinajstić information content (AvgIpc) is 2.78. The molecule has 0 saturated heterocycles. The van der Waals surface area contributed by atoms with Crippen molar-refractivity contribution < 1.29 is 4.74 Å². The quantitative estimate of drug-likeness (QED) is 0.464. The van der Waals surface area contributed by atoms with Gasteiger partial charge in [-0.15, -0.1) is 0 Å². The first kappa shape index (κ1) is 21.7. The summed E-state index contributed by atoms with van der Waals surface area (Å²) < 4.78 is 5.77. The number of hydrogen-bond donors (Lipinski definition) is 2. The topological polar surface area (TPSA) is 49.4 Å². The zero-order valence-corrected chi connectivity index (χ0v) is 19.0. The van der Waals surface area contributed by atoms with E-state index < -0.39 is 0 Å². The Labute approximate surface area is 189 Å². The van der Waals surface area contributed by atoms with Crippen LogP contribution in [0.25, 0.3) is 10.9 Å². The third-order valence-corrected chi connectivity index (χ3v) is 6.20.